The molecule has 2 aliphatic heterocycles. The van der Waals surface area contributed by atoms with Crippen molar-refractivity contribution in [1.29, 1.82) is 0 Å². The summed E-state index contributed by atoms with van der Waals surface area (Å²) >= 11 is 5.64. The van der Waals surface area contributed by atoms with Crippen molar-refractivity contribution in [2.45, 2.75) is 19.0 Å². The Morgan fingerprint density at radius 1 is 1.18 bits per heavy atom. The van der Waals surface area contributed by atoms with Crippen LogP contribution in [0.5, 0.6) is 0 Å². The first-order valence-electron chi connectivity index (χ1n) is 9.00. The van der Waals surface area contributed by atoms with Crippen molar-refractivity contribution in [2.75, 3.05) is 12.0 Å². The Kier molecular flexibility index (Phi) is 3.73. The zero-order chi connectivity index (χ0) is 19.4. The van der Waals surface area contributed by atoms with E-state index in [0.29, 0.717) is 29.3 Å². The highest BCUT2D eigenvalue weighted by Gasteiger charge is 2.46. The molecule has 140 valence electrons. The summed E-state index contributed by atoms with van der Waals surface area (Å²) in [5, 5.41) is 1.65. The molecule has 28 heavy (non-hydrogen) atoms. The smallest absolute Gasteiger partial charge is 0.337 e. The van der Waals surface area contributed by atoms with Gasteiger partial charge in [-0.25, -0.2) is 4.79 Å². The van der Waals surface area contributed by atoms with Gasteiger partial charge in [0.05, 0.1) is 24.9 Å². The number of para-hydroxylation sites is 1. The van der Waals surface area contributed by atoms with E-state index in [2.05, 4.69) is 11.1 Å². The number of amides is 1. The number of rotatable bonds is 2. The highest BCUT2D eigenvalue weighted by molar-refractivity contribution is 7.80. The van der Waals surface area contributed by atoms with Gasteiger partial charge < -0.3 is 14.6 Å². The highest BCUT2D eigenvalue weighted by Crippen LogP contribution is 2.36. The second-order valence-corrected chi connectivity index (χ2v) is 7.34. The number of benzene rings is 2. The number of aromatic nitrogens is 1. The zero-order valence-corrected chi connectivity index (χ0v) is 16.0. The molecule has 2 aliphatic rings. The number of nitrogens with one attached hydrogen (secondary N) is 1. The lowest BCUT2D eigenvalue weighted by atomic mass is 9.97. The Morgan fingerprint density at radius 3 is 2.68 bits per heavy atom. The fourth-order valence-corrected chi connectivity index (χ4v) is 4.49. The third kappa shape index (κ3) is 2.36. The van der Waals surface area contributed by atoms with Crippen LogP contribution in [0.15, 0.2) is 48.5 Å². The summed E-state index contributed by atoms with van der Waals surface area (Å²) in [6.07, 6.45) is 0.620. The van der Waals surface area contributed by atoms with E-state index in [-0.39, 0.29) is 11.9 Å². The van der Waals surface area contributed by atoms with Crippen LogP contribution >= 0.6 is 12.2 Å². The Bertz CT molecular complexity index is 1140. The van der Waals surface area contributed by atoms with Crippen molar-refractivity contribution in [1.82, 2.24) is 9.88 Å². The fraction of sp³-hybridized carbons (Fsp3) is 0.190. The zero-order valence-electron chi connectivity index (χ0n) is 15.1. The number of carbonyl (C=O) groups is 2. The van der Waals surface area contributed by atoms with Crippen molar-refractivity contribution in [3.05, 3.63) is 65.4 Å². The minimum Gasteiger partial charge on any atom is -0.465 e. The normalized spacial score (nSPS) is 18.4. The second kappa shape index (κ2) is 6.17. The Hall–Kier alpha value is -3.19. The van der Waals surface area contributed by atoms with Gasteiger partial charge in [-0.05, 0) is 48.1 Å². The van der Waals surface area contributed by atoms with Crippen LogP contribution in [0, 0.1) is 0 Å². The van der Waals surface area contributed by atoms with E-state index in [1.54, 1.807) is 29.2 Å². The minimum absolute atomic E-state index is 0.0354. The summed E-state index contributed by atoms with van der Waals surface area (Å²) in [5.74, 6) is -0.448. The molecule has 3 heterocycles. The van der Waals surface area contributed by atoms with E-state index in [0.717, 1.165) is 16.6 Å². The first kappa shape index (κ1) is 16.9. The Balaban J connectivity index is 1.48. The van der Waals surface area contributed by atoms with E-state index < -0.39 is 5.97 Å². The van der Waals surface area contributed by atoms with Crippen LogP contribution in [-0.4, -0.2) is 40.0 Å². The molecular weight excluding hydrogens is 374 g/mol. The van der Waals surface area contributed by atoms with Crippen LogP contribution in [-0.2, 0) is 22.5 Å². The first-order chi connectivity index (χ1) is 13.6. The highest BCUT2D eigenvalue weighted by atomic mass is 32.1. The monoisotopic (exact) mass is 391 g/mol. The van der Waals surface area contributed by atoms with E-state index >= 15 is 0 Å². The summed E-state index contributed by atoms with van der Waals surface area (Å²) < 4.78 is 4.73. The molecule has 0 unspecified atom stereocenters. The van der Waals surface area contributed by atoms with Gasteiger partial charge in [0, 0.05) is 23.0 Å². The SMILES string of the molecule is COC(=O)c1ccc(N2C(=O)[C@@H]3Cc4c([nH]c5ccccc45)CN3C2=S)cc1. The fourth-order valence-electron chi connectivity index (χ4n) is 4.10. The van der Waals surface area contributed by atoms with Crippen LogP contribution < -0.4 is 4.90 Å². The molecule has 1 N–H and O–H groups in total. The number of ether oxygens (including phenoxy) is 1. The van der Waals surface area contributed by atoms with Gasteiger partial charge in [0.25, 0.3) is 5.91 Å². The molecule has 0 aliphatic carbocycles. The molecular formula is C21H17N3O3S. The summed E-state index contributed by atoms with van der Waals surface area (Å²) in [6.45, 7) is 0.579. The van der Waals surface area contributed by atoms with Crippen molar-refractivity contribution >= 4 is 45.8 Å². The summed E-state index contributed by atoms with van der Waals surface area (Å²) in [4.78, 5) is 31.8. The van der Waals surface area contributed by atoms with E-state index in [1.807, 2.05) is 23.1 Å². The Morgan fingerprint density at radius 2 is 1.93 bits per heavy atom. The number of nitrogens with zero attached hydrogens (tertiary/aromatic N) is 2. The molecule has 1 fully saturated rings. The molecule has 2 aromatic carbocycles. The number of hydrogen-bond donors (Lipinski definition) is 1. The first-order valence-corrected chi connectivity index (χ1v) is 9.40. The summed E-state index contributed by atoms with van der Waals surface area (Å²) in [7, 11) is 1.34. The number of esters is 1. The van der Waals surface area contributed by atoms with Crippen LogP contribution in [0.2, 0.25) is 0 Å². The van der Waals surface area contributed by atoms with Gasteiger partial charge in [0.1, 0.15) is 6.04 Å². The molecule has 1 saturated heterocycles. The molecule has 0 bridgehead atoms. The van der Waals surface area contributed by atoms with Crippen LogP contribution in [0.1, 0.15) is 21.6 Å². The number of aromatic amines is 1. The van der Waals surface area contributed by atoms with Crippen molar-refractivity contribution < 1.29 is 14.3 Å². The van der Waals surface area contributed by atoms with Crippen LogP contribution in [0.3, 0.4) is 0 Å². The molecule has 6 nitrogen and oxygen atoms in total. The van der Waals surface area contributed by atoms with Gasteiger partial charge >= 0.3 is 5.97 Å². The second-order valence-electron chi connectivity index (χ2n) is 6.97. The summed E-state index contributed by atoms with van der Waals surface area (Å²) in [5.41, 5.74) is 4.47. The number of hydrogen-bond acceptors (Lipinski definition) is 4. The molecule has 0 radical (unpaired) electrons. The molecule has 1 aromatic heterocycles. The maximum absolute atomic E-state index is 13.2. The lowest BCUT2D eigenvalue weighted by molar-refractivity contribution is -0.119. The number of carbonyl (C=O) groups excluding carboxylic acids is 2. The number of fused-ring (bicyclic) bond motifs is 4. The van der Waals surface area contributed by atoms with E-state index in [4.69, 9.17) is 17.0 Å². The molecule has 7 heteroatoms. The number of H-pyrrole nitrogens is 1. The summed E-state index contributed by atoms with van der Waals surface area (Å²) in [6, 6.07) is 14.6. The maximum atomic E-state index is 13.2. The number of methoxy groups -OCH3 is 1. The molecule has 0 saturated carbocycles. The molecule has 5 rings (SSSR count). The molecule has 0 spiro atoms. The lowest BCUT2D eigenvalue weighted by Gasteiger charge is -2.28. The van der Waals surface area contributed by atoms with Gasteiger partial charge in [0.15, 0.2) is 5.11 Å². The predicted molar refractivity (Wildman–Crippen MR) is 109 cm³/mol. The predicted octanol–water partition coefficient (Wildman–Crippen LogP) is 3.01. The third-order valence-corrected chi connectivity index (χ3v) is 5.91. The van der Waals surface area contributed by atoms with E-state index in [9.17, 15) is 9.59 Å². The standard InChI is InChI=1S/C21H17N3O3S/c1-27-20(26)12-6-8-13(9-7-12)24-19(25)18-10-15-14-4-2-3-5-16(14)22-17(15)11-23(18)21(24)28/h2-9,18,22H,10-11H2,1H3/t18-/m0/s1. The van der Waals surface area contributed by atoms with Crippen molar-refractivity contribution in [3.63, 3.8) is 0 Å². The van der Waals surface area contributed by atoms with Gasteiger partial charge in [-0.3, -0.25) is 9.69 Å². The molecule has 1 atom stereocenters. The van der Waals surface area contributed by atoms with Crippen molar-refractivity contribution in [3.8, 4) is 0 Å². The van der Waals surface area contributed by atoms with Gasteiger partial charge in [-0.15, -0.1) is 0 Å². The van der Waals surface area contributed by atoms with Gasteiger partial charge in [-0.2, -0.15) is 0 Å². The lowest BCUT2D eigenvalue weighted by Crippen LogP contribution is -2.39. The third-order valence-electron chi connectivity index (χ3n) is 5.49. The topological polar surface area (TPSA) is 65.6 Å². The molecule has 3 aromatic rings. The maximum Gasteiger partial charge on any atom is 0.337 e. The Labute approximate surface area is 166 Å². The average Bonchev–Trinajstić information content (AvgIpc) is 3.21. The van der Waals surface area contributed by atoms with Gasteiger partial charge in [-0.1, -0.05) is 18.2 Å². The van der Waals surface area contributed by atoms with Crippen LogP contribution in [0.4, 0.5) is 5.69 Å². The van der Waals surface area contributed by atoms with Gasteiger partial charge in [0.2, 0.25) is 0 Å². The number of thiocarbonyl (C=S) groups is 1. The minimum atomic E-state index is -0.412. The van der Waals surface area contributed by atoms with Crippen molar-refractivity contribution in [2.24, 2.45) is 0 Å². The average molecular weight is 391 g/mol. The number of anilines is 1. The quantitative estimate of drug-likeness (QED) is 0.537. The van der Waals surface area contributed by atoms with Crippen LogP contribution in [0.25, 0.3) is 10.9 Å². The largest absolute Gasteiger partial charge is 0.465 e. The van der Waals surface area contributed by atoms with E-state index in [1.165, 1.54) is 12.7 Å². The molecule has 1 amide bonds.